The van der Waals surface area contributed by atoms with E-state index in [1.54, 1.807) is 0 Å². The fourth-order valence-corrected chi connectivity index (χ4v) is 0.355. The quantitative estimate of drug-likeness (QED) is 0.625. The Morgan fingerprint density at radius 3 is 2.00 bits per heavy atom. The first-order valence-corrected chi connectivity index (χ1v) is 4.06. The molecule has 0 rings (SSSR count). The van der Waals surface area contributed by atoms with Gasteiger partial charge in [-0.25, -0.2) is 0 Å². The molecule has 0 radical (unpaired) electrons. The molecule has 70 valence electrons. The van der Waals surface area contributed by atoms with Crippen molar-refractivity contribution in [1.29, 1.82) is 0 Å². The van der Waals surface area contributed by atoms with Crippen LogP contribution in [0.5, 0.6) is 0 Å². The molecule has 0 aliphatic carbocycles. The van der Waals surface area contributed by atoms with Gasteiger partial charge in [0.1, 0.15) is 0 Å². The van der Waals surface area contributed by atoms with Crippen LogP contribution in [0.15, 0.2) is 0 Å². The molecule has 0 N–H and O–H groups in total. The number of alkyl halides is 2. The Kier molecular flexibility index (Phi) is 12.0. The summed E-state index contributed by atoms with van der Waals surface area (Å²) in [5, 5.41) is 0. The lowest BCUT2D eigenvalue weighted by Crippen LogP contribution is -2.08. The van der Waals surface area contributed by atoms with Gasteiger partial charge in [0, 0.05) is 0 Å². The Balaban J connectivity index is 0. The summed E-state index contributed by atoms with van der Waals surface area (Å²) in [6, 6.07) is 0. The van der Waals surface area contributed by atoms with Gasteiger partial charge in [0.15, 0.2) is 0 Å². The average Bonchev–Trinajstić information content (AvgIpc) is 2.04. The molecule has 1 atom stereocenters. The minimum atomic E-state index is -2.61. The monoisotopic (exact) mass is 168 g/mol. The molecular formula is C8H18F2O. The van der Waals surface area contributed by atoms with E-state index in [1.807, 2.05) is 27.7 Å². The van der Waals surface area contributed by atoms with Gasteiger partial charge in [-0.15, -0.1) is 0 Å². The third-order valence-corrected chi connectivity index (χ3v) is 1.20. The minimum absolute atomic E-state index is 0.161. The summed E-state index contributed by atoms with van der Waals surface area (Å²) in [7, 11) is 0. The van der Waals surface area contributed by atoms with Crippen molar-refractivity contribution < 1.29 is 13.5 Å². The number of hydrogen-bond donors (Lipinski definition) is 0. The van der Waals surface area contributed by atoms with Crippen molar-refractivity contribution in [2.45, 2.75) is 40.7 Å². The summed E-state index contributed by atoms with van der Waals surface area (Å²) in [5.41, 5.74) is 0. The molecule has 0 bridgehead atoms. The largest absolute Gasteiger partial charge is 0.345 e. The SMILES string of the molecule is CC.CC[C@H](C)COC(F)F. The molecule has 0 aromatic heterocycles. The van der Waals surface area contributed by atoms with E-state index in [1.165, 1.54) is 0 Å². The predicted octanol–water partition coefficient (Wildman–Crippen LogP) is 3.30. The molecular weight excluding hydrogens is 150 g/mol. The summed E-state index contributed by atoms with van der Waals surface area (Å²) in [6.45, 7) is 5.37. The predicted molar refractivity (Wildman–Crippen MR) is 42.8 cm³/mol. The van der Waals surface area contributed by atoms with E-state index in [2.05, 4.69) is 4.74 Å². The molecule has 0 heterocycles. The number of halogens is 2. The normalized spacial score (nSPS) is 12.3. The minimum Gasteiger partial charge on any atom is -0.323 e. The second-order valence-corrected chi connectivity index (χ2v) is 2.11. The van der Waals surface area contributed by atoms with Crippen molar-refractivity contribution in [3.63, 3.8) is 0 Å². The maximum absolute atomic E-state index is 11.3. The summed E-state index contributed by atoms with van der Waals surface area (Å²) < 4.78 is 26.7. The van der Waals surface area contributed by atoms with Crippen molar-refractivity contribution in [3.05, 3.63) is 0 Å². The Morgan fingerprint density at radius 1 is 1.27 bits per heavy atom. The van der Waals surface area contributed by atoms with Crippen LogP contribution in [0.1, 0.15) is 34.1 Å². The number of rotatable bonds is 4. The molecule has 0 spiro atoms. The molecule has 0 aromatic carbocycles. The highest BCUT2D eigenvalue weighted by Gasteiger charge is 2.04. The van der Waals surface area contributed by atoms with Crippen molar-refractivity contribution in [2.24, 2.45) is 5.92 Å². The Bertz CT molecular complexity index is 67.1. The molecule has 3 heteroatoms. The van der Waals surface area contributed by atoms with Crippen LogP contribution in [-0.4, -0.2) is 13.2 Å². The van der Waals surface area contributed by atoms with Gasteiger partial charge in [0.2, 0.25) is 0 Å². The number of ether oxygens (including phenoxy) is 1. The lowest BCUT2D eigenvalue weighted by Gasteiger charge is -2.07. The smallest absolute Gasteiger partial charge is 0.323 e. The standard InChI is InChI=1S/C6H12F2O.C2H6/c1-3-5(2)4-9-6(7)8;1-2/h5-6H,3-4H2,1-2H3;1-2H3/t5-;/m0./s1. The molecule has 0 saturated carbocycles. The molecule has 0 aliphatic rings. The first-order chi connectivity index (χ1) is 5.16. The average molecular weight is 168 g/mol. The highest BCUT2D eigenvalue weighted by Crippen LogP contribution is 2.03. The van der Waals surface area contributed by atoms with Gasteiger partial charge in [-0.2, -0.15) is 8.78 Å². The van der Waals surface area contributed by atoms with Crippen molar-refractivity contribution in [2.75, 3.05) is 6.61 Å². The van der Waals surface area contributed by atoms with Crippen LogP contribution in [0.2, 0.25) is 0 Å². The lowest BCUT2D eigenvalue weighted by atomic mass is 10.1. The van der Waals surface area contributed by atoms with Crippen LogP contribution < -0.4 is 0 Å². The molecule has 0 saturated heterocycles. The Morgan fingerprint density at radius 2 is 1.73 bits per heavy atom. The third-order valence-electron chi connectivity index (χ3n) is 1.20. The fraction of sp³-hybridized carbons (Fsp3) is 1.00. The zero-order valence-corrected chi connectivity index (χ0v) is 7.73. The maximum Gasteiger partial charge on any atom is 0.345 e. The molecule has 0 aliphatic heterocycles. The van der Waals surface area contributed by atoms with Gasteiger partial charge < -0.3 is 4.74 Å². The van der Waals surface area contributed by atoms with E-state index in [-0.39, 0.29) is 12.5 Å². The topological polar surface area (TPSA) is 9.23 Å². The fourth-order valence-electron chi connectivity index (χ4n) is 0.355. The van der Waals surface area contributed by atoms with E-state index < -0.39 is 6.61 Å². The second kappa shape index (κ2) is 9.82. The summed E-state index contributed by atoms with van der Waals surface area (Å²) in [4.78, 5) is 0. The van der Waals surface area contributed by atoms with E-state index in [0.29, 0.717) is 0 Å². The van der Waals surface area contributed by atoms with Crippen LogP contribution >= 0.6 is 0 Å². The van der Waals surface area contributed by atoms with Gasteiger partial charge in [-0.1, -0.05) is 34.1 Å². The molecule has 0 fully saturated rings. The van der Waals surface area contributed by atoms with E-state index in [9.17, 15) is 8.78 Å². The Hall–Kier alpha value is -0.180. The van der Waals surface area contributed by atoms with Gasteiger partial charge >= 0.3 is 6.61 Å². The molecule has 0 unspecified atom stereocenters. The number of hydrogen-bond acceptors (Lipinski definition) is 1. The highest BCUT2D eigenvalue weighted by molar-refractivity contribution is 4.44. The van der Waals surface area contributed by atoms with E-state index in [4.69, 9.17) is 0 Å². The first-order valence-electron chi connectivity index (χ1n) is 4.06. The van der Waals surface area contributed by atoms with Gasteiger partial charge in [-0.05, 0) is 5.92 Å². The van der Waals surface area contributed by atoms with Crippen LogP contribution in [0.25, 0.3) is 0 Å². The van der Waals surface area contributed by atoms with Gasteiger partial charge in [-0.3, -0.25) is 0 Å². The van der Waals surface area contributed by atoms with Crippen LogP contribution in [0, 0.1) is 5.92 Å². The molecule has 0 amide bonds. The van der Waals surface area contributed by atoms with Gasteiger partial charge in [0.05, 0.1) is 6.61 Å². The molecule has 11 heavy (non-hydrogen) atoms. The van der Waals surface area contributed by atoms with Gasteiger partial charge in [0.25, 0.3) is 0 Å². The van der Waals surface area contributed by atoms with E-state index in [0.717, 1.165) is 6.42 Å². The zero-order chi connectivity index (χ0) is 9.28. The zero-order valence-electron chi connectivity index (χ0n) is 7.73. The lowest BCUT2D eigenvalue weighted by molar-refractivity contribution is -0.137. The third kappa shape index (κ3) is 12.9. The van der Waals surface area contributed by atoms with Crippen LogP contribution in [0.4, 0.5) is 8.78 Å². The second-order valence-electron chi connectivity index (χ2n) is 2.11. The summed E-state index contributed by atoms with van der Waals surface area (Å²) >= 11 is 0. The molecule has 1 nitrogen and oxygen atoms in total. The van der Waals surface area contributed by atoms with E-state index >= 15 is 0 Å². The van der Waals surface area contributed by atoms with Crippen molar-refractivity contribution in [3.8, 4) is 0 Å². The summed E-state index contributed by atoms with van der Waals surface area (Å²) in [6.07, 6.45) is 0.882. The highest BCUT2D eigenvalue weighted by atomic mass is 19.3. The molecule has 0 aromatic rings. The van der Waals surface area contributed by atoms with Crippen molar-refractivity contribution in [1.82, 2.24) is 0 Å². The maximum atomic E-state index is 11.3. The van der Waals surface area contributed by atoms with Crippen LogP contribution in [-0.2, 0) is 4.74 Å². The first kappa shape index (κ1) is 13.4. The summed E-state index contributed by atoms with van der Waals surface area (Å²) in [5.74, 6) is 0.235. The van der Waals surface area contributed by atoms with Crippen molar-refractivity contribution >= 4 is 0 Å². The Labute approximate surface area is 67.7 Å². The van der Waals surface area contributed by atoms with Crippen LogP contribution in [0.3, 0.4) is 0 Å².